The van der Waals surface area contributed by atoms with Crippen LogP contribution < -0.4 is 0 Å². The summed E-state index contributed by atoms with van der Waals surface area (Å²) in [7, 11) is 0. The lowest BCUT2D eigenvalue weighted by Gasteiger charge is -2.17. The van der Waals surface area contributed by atoms with Gasteiger partial charge in [0.25, 0.3) is 0 Å². The van der Waals surface area contributed by atoms with Crippen LogP contribution >= 0.6 is 12.2 Å². The molecule has 4 rings (SSSR count). The van der Waals surface area contributed by atoms with Crippen molar-refractivity contribution in [1.29, 1.82) is 0 Å². The Morgan fingerprint density at radius 3 is 3.00 bits per heavy atom. The third kappa shape index (κ3) is 1.70. The molecule has 1 unspecified atom stereocenters. The Morgan fingerprint density at radius 2 is 2.14 bits per heavy atom. The predicted octanol–water partition coefficient (Wildman–Crippen LogP) is 3.78. The fourth-order valence-electron chi connectivity index (χ4n) is 3.17. The first-order valence-electron chi connectivity index (χ1n) is 7.02. The molecule has 0 amide bonds. The molecular formula is C16H14N4S. The van der Waals surface area contributed by atoms with E-state index in [1.165, 1.54) is 11.1 Å². The SMILES string of the molecule is CCC1C2=CN=CC=C1c1n[nH]c(=S)n1-c1ccccc12. The average Bonchev–Trinajstić information content (AvgIpc) is 2.72. The zero-order valence-electron chi connectivity index (χ0n) is 11.6. The molecule has 1 atom stereocenters. The molecule has 0 saturated heterocycles. The molecule has 104 valence electrons. The molecule has 21 heavy (non-hydrogen) atoms. The van der Waals surface area contributed by atoms with E-state index in [9.17, 15) is 0 Å². The van der Waals surface area contributed by atoms with Crippen LogP contribution in [0.2, 0.25) is 0 Å². The van der Waals surface area contributed by atoms with Gasteiger partial charge < -0.3 is 0 Å². The molecule has 2 aliphatic heterocycles. The van der Waals surface area contributed by atoms with Gasteiger partial charge in [0.05, 0.1) is 5.69 Å². The number of fused-ring (bicyclic) bond motifs is 7. The highest BCUT2D eigenvalue weighted by atomic mass is 32.1. The summed E-state index contributed by atoms with van der Waals surface area (Å²) in [6, 6.07) is 8.30. The summed E-state index contributed by atoms with van der Waals surface area (Å²) in [6.07, 6.45) is 6.84. The van der Waals surface area contributed by atoms with Crippen LogP contribution in [0.1, 0.15) is 24.7 Å². The average molecular weight is 294 g/mol. The van der Waals surface area contributed by atoms with Crippen molar-refractivity contribution in [1.82, 2.24) is 14.8 Å². The maximum absolute atomic E-state index is 5.44. The van der Waals surface area contributed by atoms with E-state index in [4.69, 9.17) is 12.2 Å². The highest BCUT2D eigenvalue weighted by Crippen LogP contribution is 2.43. The summed E-state index contributed by atoms with van der Waals surface area (Å²) >= 11 is 5.44. The van der Waals surface area contributed by atoms with Crippen LogP contribution in [-0.2, 0) is 0 Å². The number of allylic oxidation sites excluding steroid dienone is 3. The number of nitrogens with zero attached hydrogens (tertiary/aromatic N) is 3. The van der Waals surface area contributed by atoms with E-state index in [0.717, 1.165) is 23.5 Å². The Labute approximate surface area is 127 Å². The van der Waals surface area contributed by atoms with Crippen LogP contribution in [0.25, 0.3) is 16.8 Å². The molecule has 0 spiro atoms. The Hall–Kier alpha value is -2.27. The monoisotopic (exact) mass is 294 g/mol. The lowest BCUT2D eigenvalue weighted by atomic mass is 9.85. The van der Waals surface area contributed by atoms with Gasteiger partial charge in [-0.25, -0.2) is 0 Å². The summed E-state index contributed by atoms with van der Waals surface area (Å²) in [5.74, 6) is 1.16. The maximum Gasteiger partial charge on any atom is 0.200 e. The summed E-state index contributed by atoms with van der Waals surface area (Å²) in [4.78, 5) is 4.40. The number of hydrogen-bond donors (Lipinski definition) is 1. The number of aliphatic imine (C=N–C) groups is 1. The normalized spacial score (nSPS) is 19.0. The fraction of sp³-hybridized carbons (Fsp3) is 0.188. The molecule has 0 fully saturated rings. The molecule has 1 aromatic heterocycles. The van der Waals surface area contributed by atoms with Gasteiger partial charge in [-0.05, 0) is 36.4 Å². The van der Waals surface area contributed by atoms with Crippen molar-refractivity contribution in [2.24, 2.45) is 10.9 Å². The van der Waals surface area contributed by atoms with Gasteiger partial charge in [0.15, 0.2) is 10.6 Å². The molecule has 3 heterocycles. The van der Waals surface area contributed by atoms with Crippen molar-refractivity contribution in [3.8, 4) is 5.69 Å². The second-order valence-electron chi connectivity index (χ2n) is 5.17. The number of rotatable bonds is 1. The number of nitrogens with one attached hydrogen (secondary N) is 1. The Balaban J connectivity index is 2.19. The smallest absolute Gasteiger partial charge is 0.200 e. The first kappa shape index (κ1) is 12.5. The van der Waals surface area contributed by atoms with E-state index in [1.807, 2.05) is 29.1 Å². The number of hydrogen-bond acceptors (Lipinski definition) is 3. The molecule has 4 nitrogen and oxygen atoms in total. The second kappa shape index (κ2) is 4.63. The Bertz CT molecular complexity index is 866. The minimum Gasteiger partial charge on any atom is -0.268 e. The standard InChI is InChI=1S/C16H14N4S/c1-2-10-12-7-8-17-9-13(10)11-5-3-4-6-14(11)20-15(12)18-19-16(20)21/h3-10H,2H2,1H3,(H,19,21). The van der Waals surface area contributed by atoms with Gasteiger partial charge in [-0.3, -0.25) is 14.7 Å². The number of aromatic amines is 1. The number of H-pyrrole nitrogens is 1. The first-order chi connectivity index (χ1) is 10.3. The minimum absolute atomic E-state index is 0.278. The van der Waals surface area contributed by atoms with Crippen molar-refractivity contribution < 1.29 is 0 Å². The number of benzene rings is 1. The van der Waals surface area contributed by atoms with Gasteiger partial charge in [-0.15, -0.1) is 0 Å². The first-order valence-corrected chi connectivity index (χ1v) is 7.43. The van der Waals surface area contributed by atoms with E-state index in [-0.39, 0.29) is 5.92 Å². The van der Waals surface area contributed by atoms with E-state index >= 15 is 0 Å². The zero-order chi connectivity index (χ0) is 14.4. The summed E-state index contributed by atoms with van der Waals surface area (Å²) < 4.78 is 2.65. The third-order valence-electron chi connectivity index (χ3n) is 4.10. The van der Waals surface area contributed by atoms with Crippen LogP contribution in [0.3, 0.4) is 0 Å². The van der Waals surface area contributed by atoms with Crippen LogP contribution in [0.4, 0.5) is 0 Å². The predicted molar refractivity (Wildman–Crippen MR) is 87.0 cm³/mol. The van der Waals surface area contributed by atoms with Crippen LogP contribution in [0.5, 0.6) is 0 Å². The van der Waals surface area contributed by atoms with Gasteiger partial charge in [0.1, 0.15) is 0 Å². The van der Waals surface area contributed by atoms with E-state index in [2.05, 4.69) is 40.3 Å². The molecule has 0 aliphatic carbocycles. The molecule has 1 N–H and O–H groups in total. The topological polar surface area (TPSA) is 46.0 Å². The van der Waals surface area contributed by atoms with E-state index < -0.39 is 0 Å². The molecule has 0 radical (unpaired) electrons. The van der Waals surface area contributed by atoms with Crippen molar-refractivity contribution in [2.75, 3.05) is 0 Å². The highest BCUT2D eigenvalue weighted by molar-refractivity contribution is 7.71. The summed E-state index contributed by atoms with van der Waals surface area (Å²) in [5, 5.41) is 7.39. The lowest BCUT2D eigenvalue weighted by Crippen LogP contribution is -2.05. The maximum atomic E-state index is 5.44. The van der Waals surface area contributed by atoms with Crippen LogP contribution in [-0.4, -0.2) is 21.0 Å². The fourth-order valence-corrected chi connectivity index (χ4v) is 3.41. The van der Waals surface area contributed by atoms with Gasteiger partial charge in [0.2, 0.25) is 0 Å². The molecule has 2 aliphatic rings. The molecular weight excluding hydrogens is 280 g/mol. The number of para-hydroxylation sites is 1. The highest BCUT2D eigenvalue weighted by Gasteiger charge is 2.30. The van der Waals surface area contributed by atoms with Crippen molar-refractivity contribution in [2.45, 2.75) is 13.3 Å². The van der Waals surface area contributed by atoms with Crippen molar-refractivity contribution in [3.05, 3.63) is 52.7 Å². The van der Waals surface area contributed by atoms with Crippen LogP contribution in [0, 0.1) is 10.7 Å². The molecule has 1 aromatic carbocycles. The van der Waals surface area contributed by atoms with Gasteiger partial charge in [0, 0.05) is 29.5 Å². The summed E-state index contributed by atoms with van der Waals surface area (Å²) in [5.41, 5.74) is 4.63. The Kier molecular flexibility index (Phi) is 2.75. The van der Waals surface area contributed by atoms with Gasteiger partial charge in [-0.1, -0.05) is 25.1 Å². The molecule has 2 bridgehead atoms. The summed E-state index contributed by atoms with van der Waals surface area (Å²) in [6.45, 7) is 2.19. The van der Waals surface area contributed by atoms with Gasteiger partial charge >= 0.3 is 0 Å². The van der Waals surface area contributed by atoms with Crippen molar-refractivity contribution >= 4 is 29.6 Å². The number of aromatic nitrogens is 3. The van der Waals surface area contributed by atoms with Gasteiger partial charge in [-0.2, -0.15) is 5.10 Å². The van der Waals surface area contributed by atoms with Crippen molar-refractivity contribution in [3.63, 3.8) is 0 Å². The molecule has 0 saturated carbocycles. The Morgan fingerprint density at radius 1 is 1.29 bits per heavy atom. The van der Waals surface area contributed by atoms with E-state index in [0.29, 0.717) is 4.77 Å². The van der Waals surface area contributed by atoms with E-state index in [1.54, 1.807) is 0 Å². The quantitative estimate of drug-likeness (QED) is 0.814. The third-order valence-corrected chi connectivity index (χ3v) is 4.37. The largest absolute Gasteiger partial charge is 0.268 e. The molecule has 2 aromatic rings. The van der Waals surface area contributed by atoms with Crippen LogP contribution in [0.15, 0.2) is 41.5 Å². The second-order valence-corrected chi connectivity index (χ2v) is 5.56. The zero-order valence-corrected chi connectivity index (χ0v) is 12.4. The molecule has 5 heteroatoms. The minimum atomic E-state index is 0.278. The lowest BCUT2D eigenvalue weighted by molar-refractivity contribution is 0.804.